The number of hydrogen-bond donors (Lipinski definition) is 1. The van der Waals surface area contributed by atoms with Crippen LogP contribution in [0.2, 0.25) is 0 Å². The van der Waals surface area contributed by atoms with Gasteiger partial charge >= 0.3 is 0 Å². The normalized spacial score (nSPS) is 10.1. The topological polar surface area (TPSA) is 39.7 Å². The third-order valence-corrected chi connectivity index (χ3v) is 3.14. The molecule has 0 atom stereocenters. The smallest absolute Gasteiger partial charge is 0.145 e. The lowest BCUT2D eigenvalue weighted by Gasteiger charge is -2.13. The van der Waals surface area contributed by atoms with Crippen LogP contribution in [0.1, 0.15) is 5.56 Å². The standard InChI is InChI=1S/C16H18FNO3/c1-19-12-5-4-11(14(17)8-12)10-18-15-7-6-13(20-2)9-16(15)21-3/h4-9,18H,10H2,1-3H3. The summed E-state index contributed by atoms with van der Waals surface area (Å²) in [6.45, 7) is 0.346. The largest absolute Gasteiger partial charge is 0.497 e. The fourth-order valence-electron chi connectivity index (χ4n) is 1.93. The zero-order chi connectivity index (χ0) is 15.2. The summed E-state index contributed by atoms with van der Waals surface area (Å²) in [5.74, 6) is 1.53. The van der Waals surface area contributed by atoms with Crippen molar-refractivity contribution >= 4 is 5.69 Å². The molecule has 5 heteroatoms. The lowest BCUT2D eigenvalue weighted by molar-refractivity contribution is 0.395. The van der Waals surface area contributed by atoms with Gasteiger partial charge in [-0.05, 0) is 18.2 Å². The Hall–Kier alpha value is -2.43. The Labute approximate surface area is 123 Å². The Morgan fingerprint density at radius 1 is 0.905 bits per heavy atom. The maximum atomic E-state index is 13.9. The van der Waals surface area contributed by atoms with E-state index >= 15 is 0 Å². The minimum Gasteiger partial charge on any atom is -0.497 e. The molecule has 0 aliphatic rings. The van der Waals surface area contributed by atoms with Crippen LogP contribution in [0.25, 0.3) is 0 Å². The van der Waals surface area contributed by atoms with Crippen LogP contribution in [0.5, 0.6) is 17.2 Å². The van der Waals surface area contributed by atoms with E-state index in [1.54, 1.807) is 32.4 Å². The predicted octanol–water partition coefficient (Wildman–Crippen LogP) is 3.46. The first-order valence-electron chi connectivity index (χ1n) is 6.46. The van der Waals surface area contributed by atoms with Crippen LogP contribution in [0.4, 0.5) is 10.1 Å². The van der Waals surface area contributed by atoms with Crippen molar-refractivity contribution in [2.24, 2.45) is 0 Å². The van der Waals surface area contributed by atoms with Crippen molar-refractivity contribution in [2.45, 2.75) is 6.54 Å². The molecule has 0 heterocycles. The average Bonchev–Trinajstić information content (AvgIpc) is 2.53. The summed E-state index contributed by atoms with van der Waals surface area (Å²) in [5.41, 5.74) is 1.32. The summed E-state index contributed by atoms with van der Waals surface area (Å²) < 4.78 is 29.3. The van der Waals surface area contributed by atoms with Gasteiger partial charge in [-0.3, -0.25) is 0 Å². The molecule has 0 aromatic heterocycles. The second-order valence-corrected chi connectivity index (χ2v) is 4.38. The minimum absolute atomic E-state index is 0.311. The zero-order valence-electron chi connectivity index (χ0n) is 12.3. The van der Waals surface area contributed by atoms with Crippen molar-refractivity contribution in [3.63, 3.8) is 0 Å². The fourth-order valence-corrected chi connectivity index (χ4v) is 1.93. The number of rotatable bonds is 6. The van der Waals surface area contributed by atoms with Crippen molar-refractivity contribution in [3.05, 3.63) is 47.8 Å². The summed E-state index contributed by atoms with van der Waals surface area (Å²) in [5, 5.41) is 3.15. The van der Waals surface area contributed by atoms with E-state index in [9.17, 15) is 4.39 Å². The van der Waals surface area contributed by atoms with Crippen LogP contribution in [0.3, 0.4) is 0 Å². The van der Waals surface area contributed by atoms with Gasteiger partial charge in [-0.1, -0.05) is 6.07 Å². The highest BCUT2D eigenvalue weighted by molar-refractivity contribution is 5.59. The highest BCUT2D eigenvalue weighted by Gasteiger charge is 2.07. The van der Waals surface area contributed by atoms with Gasteiger partial charge in [-0.2, -0.15) is 0 Å². The molecule has 0 aliphatic heterocycles. The SMILES string of the molecule is COc1ccc(CNc2ccc(OC)cc2OC)c(F)c1. The number of methoxy groups -OCH3 is 3. The Balaban J connectivity index is 2.12. The maximum Gasteiger partial charge on any atom is 0.145 e. The van der Waals surface area contributed by atoms with E-state index in [-0.39, 0.29) is 5.82 Å². The molecule has 0 fully saturated rings. The number of ether oxygens (including phenoxy) is 3. The van der Waals surface area contributed by atoms with E-state index < -0.39 is 0 Å². The number of nitrogens with one attached hydrogen (secondary N) is 1. The molecular weight excluding hydrogens is 273 g/mol. The number of benzene rings is 2. The molecule has 0 bridgehead atoms. The van der Waals surface area contributed by atoms with Crippen LogP contribution in [-0.4, -0.2) is 21.3 Å². The molecule has 0 radical (unpaired) electrons. The molecule has 112 valence electrons. The van der Waals surface area contributed by atoms with E-state index in [0.29, 0.717) is 29.4 Å². The van der Waals surface area contributed by atoms with Crippen LogP contribution in [0, 0.1) is 5.82 Å². The van der Waals surface area contributed by atoms with Gasteiger partial charge in [0.05, 0.1) is 27.0 Å². The number of halogens is 1. The van der Waals surface area contributed by atoms with Crippen LogP contribution in [-0.2, 0) is 6.54 Å². The Morgan fingerprint density at radius 3 is 2.19 bits per heavy atom. The monoisotopic (exact) mass is 291 g/mol. The average molecular weight is 291 g/mol. The molecule has 0 saturated heterocycles. The van der Waals surface area contributed by atoms with Crippen molar-refractivity contribution < 1.29 is 18.6 Å². The van der Waals surface area contributed by atoms with Crippen LogP contribution < -0.4 is 19.5 Å². The zero-order valence-corrected chi connectivity index (χ0v) is 12.3. The van der Waals surface area contributed by atoms with Gasteiger partial charge in [0.1, 0.15) is 23.1 Å². The van der Waals surface area contributed by atoms with Crippen molar-refractivity contribution in [1.29, 1.82) is 0 Å². The molecule has 21 heavy (non-hydrogen) atoms. The van der Waals surface area contributed by atoms with Crippen LogP contribution >= 0.6 is 0 Å². The third kappa shape index (κ3) is 3.56. The Kier molecular flexibility index (Phi) is 4.87. The maximum absolute atomic E-state index is 13.9. The molecule has 0 unspecified atom stereocenters. The molecule has 4 nitrogen and oxygen atoms in total. The van der Waals surface area contributed by atoms with E-state index in [1.165, 1.54) is 13.2 Å². The second kappa shape index (κ2) is 6.83. The van der Waals surface area contributed by atoms with Crippen molar-refractivity contribution in [1.82, 2.24) is 0 Å². The second-order valence-electron chi connectivity index (χ2n) is 4.38. The fraction of sp³-hybridized carbons (Fsp3) is 0.250. The van der Waals surface area contributed by atoms with Gasteiger partial charge in [-0.15, -0.1) is 0 Å². The number of anilines is 1. The van der Waals surface area contributed by atoms with Crippen molar-refractivity contribution in [2.75, 3.05) is 26.6 Å². The molecule has 2 aromatic carbocycles. The minimum atomic E-state index is -0.311. The first-order valence-corrected chi connectivity index (χ1v) is 6.46. The highest BCUT2D eigenvalue weighted by atomic mass is 19.1. The van der Waals surface area contributed by atoms with Gasteiger partial charge in [-0.25, -0.2) is 4.39 Å². The Bertz CT molecular complexity index is 616. The van der Waals surface area contributed by atoms with Gasteiger partial charge in [0.25, 0.3) is 0 Å². The summed E-state index contributed by atoms with van der Waals surface area (Å²) in [7, 11) is 4.68. The highest BCUT2D eigenvalue weighted by Crippen LogP contribution is 2.29. The van der Waals surface area contributed by atoms with Crippen molar-refractivity contribution in [3.8, 4) is 17.2 Å². The van der Waals surface area contributed by atoms with E-state index in [4.69, 9.17) is 14.2 Å². The summed E-state index contributed by atoms with van der Waals surface area (Å²) in [4.78, 5) is 0. The molecular formula is C16H18FNO3. The predicted molar refractivity (Wildman–Crippen MR) is 79.8 cm³/mol. The van der Waals surface area contributed by atoms with E-state index in [0.717, 1.165) is 5.69 Å². The first kappa shape index (κ1) is 15.0. The van der Waals surface area contributed by atoms with E-state index in [2.05, 4.69) is 5.32 Å². The lowest BCUT2D eigenvalue weighted by atomic mass is 10.2. The summed E-state index contributed by atoms with van der Waals surface area (Å²) in [6, 6.07) is 10.2. The van der Waals surface area contributed by atoms with E-state index in [1.807, 2.05) is 12.1 Å². The molecule has 2 rings (SSSR count). The van der Waals surface area contributed by atoms with Gasteiger partial charge in [0, 0.05) is 24.2 Å². The molecule has 0 aliphatic carbocycles. The molecule has 0 amide bonds. The number of hydrogen-bond acceptors (Lipinski definition) is 4. The van der Waals surface area contributed by atoms with Gasteiger partial charge in [0.15, 0.2) is 0 Å². The van der Waals surface area contributed by atoms with Gasteiger partial charge < -0.3 is 19.5 Å². The molecule has 2 aromatic rings. The summed E-state index contributed by atoms with van der Waals surface area (Å²) >= 11 is 0. The van der Waals surface area contributed by atoms with Gasteiger partial charge in [0.2, 0.25) is 0 Å². The molecule has 0 saturated carbocycles. The van der Waals surface area contributed by atoms with Crippen LogP contribution in [0.15, 0.2) is 36.4 Å². The molecule has 0 spiro atoms. The first-order chi connectivity index (χ1) is 10.2. The lowest BCUT2D eigenvalue weighted by Crippen LogP contribution is -2.03. The quantitative estimate of drug-likeness (QED) is 0.884. The Morgan fingerprint density at radius 2 is 1.57 bits per heavy atom. The third-order valence-electron chi connectivity index (χ3n) is 3.14. The molecule has 1 N–H and O–H groups in total. The summed E-state index contributed by atoms with van der Waals surface area (Å²) in [6.07, 6.45) is 0.